The largest absolute Gasteiger partial charge is 0.356 e. The van der Waals surface area contributed by atoms with E-state index in [2.05, 4.69) is 102 Å². The van der Waals surface area contributed by atoms with Gasteiger partial charge in [-0.1, -0.05) is 74.5 Å². The third-order valence-corrected chi connectivity index (χ3v) is 11.0. The Labute approximate surface area is 312 Å². The molecule has 2 saturated heterocycles. The molecule has 1 atom stereocenters. The molecular formula is C45H60FN5O. The normalized spacial score (nSPS) is 17.5. The van der Waals surface area contributed by atoms with E-state index in [1.165, 1.54) is 30.9 Å². The van der Waals surface area contributed by atoms with Gasteiger partial charge in [0.2, 0.25) is 0 Å². The number of nitrogens with one attached hydrogen (secondary N) is 1. The van der Waals surface area contributed by atoms with Crippen LogP contribution in [0.25, 0.3) is 11.1 Å². The van der Waals surface area contributed by atoms with Gasteiger partial charge in [-0.15, -0.1) is 0 Å². The van der Waals surface area contributed by atoms with Crippen molar-refractivity contribution in [3.8, 4) is 0 Å². The number of nitrogens with zero attached hydrogens (tertiary/aromatic N) is 3. The third kappa shape index (κ3) is 10.5. The highest BCUT2D eigenvalue weighted by molar-refractivity contribution is 5.78. The lowest BCUT2D eigenvalue weighted by atomic mass is 9.84. The predicted molar refractivity (Wildman–Crippen MR) is 216 cm³/mol. The van der Waals surface area contributed by atoms with Crippen LogP contribution in [0.15, 0.2) is 90.9 Å². The molecule has 1 unspecified atom stereocenters. The Balaban J connectivity index is 1.12. The van der Waals surface area contributed by atoms with Crippen LogP contribution < -0.4 is 11.1 Å². The van der Waals surface area contributed by atoms with Crippen molar-refractivity contribution in [2.75, 3.05) is 52.9 Å². The van der Waals surface area contributed by atoms with Crippen LogP contribution in [0.5, 0.6) is 0 Å². The molecule has 0 radical (unpaired) electrons. The van der Waals surface area contributed by atoms with Gasteiger partial charge >= 0.3 is 0 Å². The van der Waals surface area contributed by atoms with Gasteiger partial charge in [0.25, 0.3) is 0 Å². The Morgan fingerprint density at radius 1 is 0.962 bits per heavy atom. The van der Waals surface area contributed by atoms with Crippen LogP contribution >= 0.6 is 0 Å². The van der Waals surface area contributed by atoms with Crippen LogP contribution in [0.1, 0.15) is 97.0 Å². The monoisotopic (exact) mass is 705 g/mol. The molecular weight excluding hydrogens is 646 g/mol. The number of piperidine rings is 1. The zero-order valence-corrected chi connectivity index (χ0v) is 32.0. The maximum absolute atomic E-state index is 14.2. The number of likely N-dealkylation sites (tertiary alicyclic amines) is 1. The molecule has 6 nitrogen and oxygen atoms in total. The van der Waals surface area contributed by atoms with Crippen molar-refractivity contribution in [2.45, 2.75) is 77.7 Å². The molecule has 3 aromatic rings. The van der Waals surface area contributed by atoms with E-state index in [1.54, 1.807) is 6.07 Å². The maximum atomic E-state index is 14.2. The number of carbonyl (C=O) groups is 1. The van der Waals surface area contributed by atoms with Gasteiger partial charge in [0, 0.05) is 43.5 Å². The Morgan fingerprint density at radius 3 is 2.29 bits per heavy atom. The first-order valence-electron chi connectivity index (χ1n) is 19.4. The van der Waals surface area contributed by atoms with Crippen molar-refractivity contribution in [3.63, 3.8) is 0 Å². The van der Waals surface area contributed by atoms with Crippen molar-refractivity contribution in [3.05, 3.63) is 130 Å². The summed E-state index contributed by atoms with van der Waals surface area (Å²) in [7, 11) is 2.18. The van der Waals surface area contributed by atoms with E-state index in [9.17, 15) is 9.18 Å². The molecule has 3 aromatic carbocycles. The average Bonchev–Trinajstić information content (AvgIpc) is 3.15. The van der Waals surface area contributed by atoms with Crippen LogP contribution in [0.4, 0.5) is 4.39 Å². The Morgan fingerprint density at radius 2 is 1.65 bits per heavy atom. The first kappa shape index (κ1) is 39.2. The second-order valence-electron chi connectivity index (χ2n) is 14.8. The summed E-state index contributed by atoms with van der Waals surface area (Å²) in [6, 6.07) is 22.3. The number of carbonyl (C=O) groups excluding carboxylic acids is 1. The van der Waals surface area contributed by atoms with Gasteiger partial charge in [0.15, 0.2) is 0 Å². The molecule has 0 bridgehead atoms. The first-order chi connectivity index (χ1) is 25.2. The summed E-state index contributed by atoms with van der Waals surface area (Å²) in [5.74, 6) is 1.10. The lowest BCUT2D eigenvalue weighted by molar-refractivity contribution is 0.112. The third-order valence-electron chi connectivity index (χ3n) is 11.0. The minimum atomic E-state index is -0.296. The van der Waals surface area contributed by atoms with Gasteiger partial charge in [0.1, 0.15) is 17.9 Å². The van der Waals surface area contributed by atoms with Crippen LogP contribution in [0.2, 0.25) is 0 Å². The summed E-state index contributed by atoms with van der Waals surface area (Å²) < 4.78 is 14.2. The molecule has 52 heavy (non-hydrogen) atoms. The first-order valence-corrected chi connectivity index (χ1v) is 19.4. The SMILES string of the molecule is C=C(/C=C(\N/C(C)=C(/c1ccccc1)C(C)N)N1CCN(C)CC1)c1ccc(CCCCCN2CCC(c3cc(F)cc(C=O)c3CC)CC2)cc1. The molecule has 3 N–H and O–H groups in total. The van der Waals surface area contributed by atoms with Gasteiger partial charge < -0.3 is 25.8 Å². The summed E-state index contributed by atoms with van der Waals surface area (Å²) in [4.78, 5) is 18.9. The van der Waals surface area contributed by atoms with Crippen molar-refractivity contribution in [1.82, 2.24) is 20.0 Å². The maximum Gasteiger partial charge on any atom is 0.150 e. The van der Waals surface area contributed by atoms with Crippen LogP contribution in [0, 0.1) is 5.82 Å². The number of halogens is 1. The summed E-state index contributed by atoms with van der Waals surface area (Å²) in [6.07, 6.45) is 10.4. The van der Waals surface area contributed by atoms with E-state index in [0.29, 0.717) is 11.5 Å². The molecule has 0 aliphatic carbocycles. The second kappa shape index (κ2) is 19.2. The highest BCUT2D eigenvalue weighted by Gasteiger charge is 2.24. The molecule has 2 aliphatic rings. The quantitative estimate of drug-likeness (QED) is 0.0889. The molecule has 2 heterocycles. The number of piperazine rings is 1. The number of aldehydes is 1. The van der Waals surface area contributed by atoms with Crippen molar-refractivity contribution >= 4 is 17.4 Å². The van der Waals surface area contributed by atoms with Crippen molar-refractivity contribution < 1.29 is 9.18 Å². The number of aryl methyl sites for hydroxylation is 1. The average molecular weight is 706 g/mol. The highest BCUT2D eigenvalue weighted by atomic mass is 19.1. The second-order valence-corrected chi connectivity index (χ2v) is 14.8. The number of benzene rings is 3. The number of nitrogens with two attached hydrogens (primary N) is 1. The number of hydrogen-bond acceptors (Lipinski definition) is 6. The fourth-order valence-electron chi connectivity index (χ4n) is 7.95. The predicted octanol–water partition coefficient (Wildman–Crippen LogP) is 8.26. The number of allylic oxidation sites excluding steroid dienone is 3. The summed E-state index contributed by atoms with van der Waals surface area (Å²) in [5, 5.41) is 3.76. The van der Waals surface area contributed by atoms with E-state index >= 15 is 0 Å². The molecule has 0 spiro atoms. The molecule has 5 rings (SSSR count). The van der Waals surface area contributed by atoms with Gasteiger partial charge in [-0.25, -0.2) is 4.39 Å². The molecule has 2 fully saturated rings. The lowest BCUT2D eigenvalue weighted by Gasteiger charge is -2.36. The van der Waals surface area contributed by atoms with E-state index in [4.69, 9.17) is 5.73 Å². The van der Waals surface area contributed by atoms with Gasteiger partial charge in [-0.05, 0) is 142 Å². The molecule has 2 aliphatic heterocycles. The fourth-order valence-corrected chi connectivity index (χ4v) is 7.95. The van der Waals surface area contributed by atoms with Crippen LogP contribution in [0.3, 0.4) is 0 Å². The highest BCUT2D eigenvalue weighted by Crippen LogP contribution is 2.33. The number of hydrogen-bond donors (Lipinski definition) is 2. The number of rotatable bonds is 16. The molecule has 7 heteroatoms. The fraction of sp³-hybridized carbons (Fsp3) is 0.444. The Kier molecular flexibility index (Phi) is 14.4. The number of likely N-dealkylation sites (N-methyl/N-ethyl adjacent to an activating group) is 1. The Bertz CT molecular complexity index is 1680. The van der Waals surface area contributed by atoms with Gasteiger partial charge in [-0.2, -0.15) is 0 Å². The summed E-state index contributed by atoms with van der Waals surface area (Å²) in [6.45, 7) is 17.8. The minimum absolute atomic E-state index is 0.112. The molecule has 278 valence electrons. The zero-order chi connectivity index (χ0) is 37.0. The van der Waals surface area contributed by atoms with E-state index in [-0.39, 0.29) is 11.9 Å². The topological polar surface area (TPSA) is 64.8 Å². The van der Waals surface area contributed by atoms with E-state index in [0.717, 1.165) is 123 Å². The van der Waals surface area contributed by atoms with Crippen molar-refractivity contribution in [2.24, 2.45) is 5.73 Å². The van der Waals surface area contributed by atoms with Gasteiger partial charge in [-0.3, -0.25) is 4.79 Å². The standard InChI is InChI=1S/C45H60FN5O/c1-6-42-40(32-52)30-41(46)31-43(42)38-20-23-50(24-21-38)22-12-8-9-13-36-16-18-37(19-17-36)33(2)29-44(51-27-25-49(5)26-28-51)48-35(4)45(34(3)47)39-14-10-7-11-15-39/h7,10-11,14-19,29-32,34,38,48H,2,6,8-9,12-13,20-28,47H2,1,3-5H3/b44-29+,45-35+. The molecule has 0 aromatic heterocycles. The number of unbranched alkanes of at least 4 members (excludes halogenated alkanes) is 2. The zero-order valence-electron chi connectivity index (χ0n) is 32.0. The van der Waals surface area contributed by atoms with Crippen LogP contribution in [-0.4, -0.2) is 79.9 Å². The Hall–Kier alpha value is -4.04. The minimum Gasteiger partial charge on any atom is -0.356 e. The molecule has 0 saturated carbocycles. The summed E-state index contributed by atoms with van der Waals surface area (Å²) >= 11 is 0. The van der Waals surface area contributed by atoms with E-state index < -0.39 is 0 Å². The van der Waals surface area contributed by atoms with Gasteiger partial charge in [0.05, 0.1) is 0 Å². The summed E-state index contributed by atoms with van der Waals surface area (Å²) in [5.41, 5.74) is 15.9. The van der Waals surface area contributed by atoms with E-state index in [1.807, 2.05) is 13.0 Å². The van der Waals surface area contributed by atoms with Crippen LogP contribution in [-0.2, 0) is 12.8 Å². The van der Waals surface area contributed by atoms with Crippen molar-refractivity contribution in [1.29, 1.82) is 0 Å². The molecule has 0 amide bonds. The smallest absolute Gasteiger partial charge is 0.150 e. The lowest BCUT2D eigenvalue weighted by Crippen LogP contribution is -2.46.